The number of nitro benzene ring substituents is 1. The Morgan fingerprint density at radius 2 is 2.05 bits per heavy atom. The molecule has 8 heteroatoms. The van der Waals surface area contributed by atoms with Crippen LogP contribution in [-0.2, 0) is 0 Å². The van der Waals surface area contributed by atoms with E-state index in [0.29, 0.717) is 20.9 Å². The van der Waals surface area contributed by atoms with Gasteiger partial charge in [-0.05, 0) is 40.2 Å². The van der Waals surface area contributed by atoms with E-state index in [1.165, 1.54) is 12.1 Å². The molecule has 0 heterocycles. The van der Waals surface area contributed by atoms with Crippen molar-refractivity contribution in [1.82, 2.24) is 0 Å². The Balaban J connectivity index is 2.42. The number of benzene rings is 2. The monoisotopic (exact) mass is 370 g/mol. The van der Waals surface area contributed by atoms with E-state index in [1.807, 2.05) is 0 Å². The van der Waals surface area contributed by atoms with Crippen molar-refractivity contribution in [3.05, 3.63) is 61.6 Å². The summed E-state index contributed by atoms with van der Waals surface area (Å²) in [6.07, 6.45) is 0. The smallest absolute Gasteiger partial charge is 0.342 e. The quantitative estimate of drug-likeness (QED) is 0.612. The van der Waals surface area contributed by atoms with Gasteiger partial charge in [-0.1, -0.05) is 17.7 Å². The van der Waals surface area contributed by atoms with Gasteiger partial charge in [-0.2, -0.15) is 0 Å². The van der Waals surface area contributed by atoms with Crippen molar-refractivity contribution >= 4 is 50.6 Å². The standard InChI is InChI=1S/C13H8BrClN2O4/c14-12-9(15)2-1-3-10(12)16-7-4-5-11(17(20)21)8(6-7)13(18)19/h1-6,16H,(H,18,19). The van der Waals surface area contributed by atoms with E-state index in [2.05, 4.69) is 21.2 Å². The zero-order valence-electron chi connectivity index (χ0n) is 10.3. The highest BCUT2D eigenvalue weighted by molar-refractivity contribution is 9.10. The molecule has 0 atom stereocenters. The second-order valence-electron chi connectivity index (χ2n) is 4.02. The predicted molar refractivity (Wildman–Crippen MR) is 82.5 cm³/mol. The topological polar surface area (TPSA) is 92.5 Å². The third kappa shape index (κ3) is 3.32. The van der Waals surface area contributed by atoms with E-state index >= 15 is 0 Å². The molecule has 0 aliphatic rings. The fourth-order valence-electron chi connectivity index (χ4n) is 1.70. The summed E-state index contributed by atoms with van der Waals surface area (Å²) in [5.41, 5.74) is 0.176. The maximum atomic E-state index is 11.1. The maximum Gasteiger partial charge on any atom is 0.342 e. The van der Waals surface area contributed by atoms with Crippen molar-refractivity contribution in [3.8, 4) is 0 Å². The van der Waals surface area contributed by atoms with Crippen LogP contribution in [0.5, 0.6) is 0 Å². The first-order valence-electron chi connectivity index (χ1n) is 5.63. The van der Waals surface area contributed by atoms with E-state index < -0.39 is 16.6 Å². The maximum absolute atomic E-state index is 11.1. The van der Waals surface area contributed by atoms with Crippen molar-refractivity contribution < 1.29 is 14.8 Å². The molecule has 2 aromatic rings. The van der Waals surface area contributed by atoms with Gasteiger partial charge in [-0.15, -0.1) is 0 Å². The number of carboxylic acid groups (broad SMARTS) is 1. The second-order valence-corrected chi connectivity index (χ2v) is 5.22. The predicted octanol–water partition coefficient (Wildman–Crippen LogP) is 4.45. The van der Waals surface area contributed by atoms with Crippen LogP contribution in [0.25, 0.3) is 0 Å². The molecule has 0 aromatic heterocycles. The molecule has 6 nitrogen and oxygen atoms in total. The Labute approximate surface area is 132 Å². The number of rotatable bonds is 4. The Morgan fingerprint density at radius 3 is 2.67 bits per heavy atom. The van der Waals surface area contributed by atoms with Gasteiger partial charge in [0.05, 0.1) is 20.1 Å². The molecular weight excluding hydrogens is 364 g/mol. The lowest BCUT2D eigenvalue weighted by Gasteiger charge is -2.10. The number of aromatic carboxylic acids is 1. The van der Waals surface area contributed by atoms with E-state index in [0.717, 1.165) is 6.07 Å². The van der Waals surface area contributed by atoms with Gasteiger partial charge < -0.3 is 10.4 Å². The molecule has 108 valence electrons. The summed E-state index contributed by atoms with van der Waals surface area (Å²) in [6.45, 7) is 0. The minimum atomic E-state index is -1.37. The third-order valence-corrected chi connectivity index (χ3v) is 4.05. The van der Waals surface area contributed by atoms with Crippen molar-refractivity contribution in [2.24, 2.45) is 0 Å². The zero-order valence-corrected chi connectivity index (χ0v) is 12.7. The molecule has 0 saturated carbocycles. The Morgan fingerprint density at radius 1 is 1.33 bits per heavy atom. The van der Waals surface area contributed by atoms with Gasteiger partial charge in [0.2, 0.25) is 0 Å². The first-order valence-corrected chi connectivity index (χ1v) is 6.80. The highest BCUT2D eigenvalue weighted by Gasteiger charge is 2.20. The summed E-state index contributed by atoms with van der Waals surface area (Å²) in [4.78, 5) is 21.1. The summed E-state index contributed by atoms with van der Waals surface area (Å²) in [5, 5.41) is 23.3. The summed E-state index contributed by atoms with van der Waals surface area (Å²) in [5.74, 6) is -1.37. The Kier molecular flexibility index (Phi) is 4.44. The fraction of sp³-hybridized carbons (Fsp3) is 0. The van der Waals surface area contributed by atoms with E-state index in [9.17, 15) is 14.9 Å². The summed E-state index contributed by atoms with van der Waals surface area (Å²) >= 11 is 9.26. The number of carbonyl (C=O) groups is 1. The SMILES string of the molecule is O=C(O)c1cc(Nc2cccc(Cl)c2Br)ccc1[N+](=O)[O-]. The molecule has 0 saturated heterocycles. The van der Waals surface area contributed by atoms with Crippen LogP contribution in [-0.4, -0.2) is 16.0 Å². The van der Waals surface area contributed by atoms with Crippen molar-refractivity contribution in [3.63, 3.8) is 0 Å². The van der Waals surface area contributed by atoms with Crippen LogP contribution in [0, 0.1) is 10.1 Å². The molecule has 0 radical (unpaired) electrons. The fourth-order valence-corrected chi connectivity index (χ4v) is 2.24. The second kappa shape index (κ2) is 6.11. The van der Waals surface area contributed by atoms with Crippen LogP contribution >= 0.6 is 27.5 Å². The van der Waals surface area contributed by atoms with Gasteiger partial charge in [-0.3, -0.25) is 10.1 Å². The average molecular weight is 372 g/mol. The van der Waals surface area contributed by atoms with E-state index in [-0.39, 0.29) is 5.56 Å². The number of anilines is 2. The first kappa shape index (κ1) is 15.3. The number of halogens is 2. The van der Waals surface area contributed by atoms with Gasteiger partial charge in [0.1, 0.15) is 5.56 Å². The van der Waals surface area contributed by atoms with Crippen molar-refractivity contribution in [2.45, 2.75) is 0 Å². The molecule has 21 heavy (non-hydrogen) atoms. The summed E-state index contributed by atoms with van der Waals surface area (Å²) in [7, 11) is 0. The Hall–Kier alpha value is -2.12. The van der Waals surface area contributed by atoms with Crippen LogP contribution < -0.4 is 5.32 Å². The van der Waals surface area contributed by atoms with Crippen LogP contribution in [0.4, 0.5) is 17.1 Å². The van der Waals surface area contributed by atoms with Gasteiger partial charge in [0.15, 0.2) is 0 Å². The van der Waals surface area contributed by atoms with Crippen LogP contribution in [0.15, 0.2) is 40.9 Å². The molecule has 0 aliphatic carbocycles. The number of nitrogens with one attached hydrogen (secondary N) is 1. The molecule has 0 bridgehead atoms. The van der Waals surface area contributed by atoms with Gasteiger partial charge in [-0.25, -0.2) is 4.79 Å². The highest BCUT2D eigenvalue weighted by Crippen LogP contribution is 2.33. The minimum absolute atomic E-state index is 0.386. The van der Waals surface area contributed by atoms with Crippen molar-refractivity contribution in [1.29, 1.82) is 0 Å². The molecular formula is C13H8BrClN2O4. The van der Waals surface area contributed by atoms with Crippen LogP contribution in [0.1, 0.15) is 10.4 Å². The van der Waals surface area contributed by atoms with Gasteiger partial charge in [0, 0.05) is 11.8 Å². The average Bonchev–Trinajstić information content (AvgIpc) is 2.43. The van der Waals surface area contributed by atoms with Crippen LogP contribution in [0.3, 0.4) is 0 Å². The number of nitro groups is 1. The molecule has 0 fully saturated rings. The molecule has 2 N–H and O–H groups in total. The number of hydrogen-bond donors (Lipinski definition) is 2. The normalized spacial score (nSPS) is 10.2. The van der Waals surface area contributed by atoms with Gasteiger partial charge >= 0.3 is 5.97 Å². The number of hydrogen-bond acceptors (Lipinski definition) is 4. The van der Waals surface area contributed by atoms with E-state index in [4.69, 9.17) is 16.7 Å². The lowest BCUT2D eigenvalue weighted by Crippen LogP contribution is -2.03. The first-order chi connectivity index (χ1) is 9.90. The largest absolute Gasteiger partial charge is 0.477 e. The molecule has 0 amide bonds. The summed E-state index contributed by atoms with van der Waals surface area (Å²) in [6, 6.07) is 8.92. The van der Waals surface area contributed by atoms with Crippen LogP contribution in [0.2, 0.25) is 5.02 Å². The Bertz CT molecular complexity index is 736. The number of nitrogens with zero attached hydrogens (tertiary/aromatic N) is 1. The molecule has 2 rings (SSSR count). The summed E-state index contributed by atoms with van der Waals surface area (Å²) < 4.78 is 0.613. The van der Waals surface area contributed by atoms with Crippen molar-refractivity contribution in [2.75, 3.05) is 5.32 Å². The molecule has 0 aliphatic heterocycles. The zero-order chi connectivity index (χ0) is 15.6. The van der Waals surface area contributed by atoms with E-state index in [1.54, 1.807) is 18.2 Å². The molecule has 0 unspecified atom stereocenters. The lowest BCUT2D eigenvalue weighted by molar-refractivity contribution is -0.385. The molecule has 2 aromatic carbocycles. The number of carboxylic acids is 1. The third-order valence-electron chi connectivity index (χ3n) is 2.65. The lowest BCUT2D eigenvalue weighted by atomic mass is 10.1. The van der Waals surface area contributed by atoms with Gasteiger partial charge in [0.25, 0.3) is 5.69 Å². The minimum Gasteiger partial charge on any atom is -0.477 e. The molecule has 0 spiro atoms. The highest BCUT2D eigenvalue weighted by atomic mass is 79.9.